The molecule has 0 aliphatic carbocycles. The average molecular weight is 297 g/mol. The standard InChI is InChI=1S/C8H10.HIO2S/c1-7-3-5-8(2)6-4-7;1-4(2)3/h3-6H,1-2H3;(H,2,3)/p-1. The Bertz CT molecular complexity index is 221. The molecule has 0 saturated heterocycles. The second-order valence-electron chi connectivity index (χ2n) is 2.35. The molecule has 0 radical (unpaired) electrons. The van der Waals surface area contributed by atoms with Gasteiger partial charge in [0, 0.05) is 29.5 Å². The maximum atomic E-state index is 8.99. The first-order valence-corrected chi connectivity index (χ1v) is 6.93. The molecule has 1 unspecified atom stereocenters. The van der Waals surface area contributed by atoms with Gasteiger partial charge in [0.15, 0.2) is 0 Å². The normalized spacial score (nSPS) is 11.3. The van der Waals surface area contributed by atoms with Crippen LogP contribution < -0.4 is 0 Å². The van der Waals surface area contributed by atoms with E-state index in [2.05, 4.69) is 38.1 Å². The second-order valence-corrected chi connectivity index (χ2v) is 4.89. The Morgan fingerprint density at radius 3 is 1.50 bits per heavy atom. The van der Waals surface area contributed by atoms with Crippen LogP contribution in [0.5, 0.6) is 0 Å². The summed E-state index contributed by atoms with van der Waals surface area (Å²) < 4.78 is 18.0. The predicted molar refractivity (Wildman–Crippen MR) is 58.9 cm³/mol. The van der Waals surface area contributed by atoms with Crippen LogP contribution in [0.2, 0.25) is 0 Å². The van der Waals surface area contributed by atoms with Crippen molar-refractivity contribution >= 4 is 29.5 Å². The zero-order valence-corrected chi connectivity index (χ0v) is 9.89. The summed E-state index contributed by atoms with van der Waals surface area (Å²) in [6.45, 7) is 4.19. The van der Waals surface area contributed by atoms with Crippen LogP contribution >= 0.6 is 21.2 Å². The van der Waals surface area contributed by atoms with E-state index in [9.17, 15) is 0 Å². The molecule has 0 aliphatic rings. The first kappa shape index (κ1) is 12.1. The van der Waals surface area contributed by atoms with Gasteiger partial charge in [0.05, 0.1) is 0 Å². The van der Waals surface area contributed by atoms with Gasteiger partial charge in [-0.1, -0.05) is 35.4 Å². The molecule has 0 amide bonds. The van der Waals surface area contributed by atoms with Gasteiger partial charge in [0.2, 0.25) is 0 Å². The SMILES string of the molecule is Cc1ccc(C)cc1.O=S([O-])I. The van der Waals surface area contributed by atoms with E-state index in [0.29, 0.717) is 0 Å². The largest absolute Gasteiger partial charge is 0.764 e. The van der Waals surface area contributed by atoms with Crippen molar-refractivity contribution in [3.63, 3.8) is 0 Å². The molecule has 1 aromatic rings. The van der Waals surface area contributed by atoms with Crippen molar-refractivity contribution in [3.8, 4) is 0 Å². The fourth-order valence-electron chi connectivity index (χ4n) is 0.637. The summed E-state index contributed by atoms with van der Waals surface area (Å²) in [6, 6.07) is 8.48. The lowest BCUT2D eigenvalue weighted by Crippen LogP contribution is -1.70. The first-order valence-electron chi connectivity index (χ1n) is 3.31. The third-order valence-electron chi connectivity index (χ3n) is 1.22. The fraction of sp³-hybridized carbons (Fsp3) is 0.250. The Balaban J connectivity index is 0.000000261. The highest BCUT2D eigenvalue weighted by Gasteiger charge is 1.79. The zero-order valence-electron chi connectivity index (χ0n) is 6.91. The summed E-state index contributed by atoms with van der Waals surface area (Å²) in [6.07, 6.45) is 0. The first-order chi connectivity index (χ1) is 5.52. The van der Waals surface area contributed by atoms with Crippen LogP contribution in [0, 0.1) is 13.8 Å². The van der Waals surface area contributed by atoms with Gasteiger partial charge >= 0.3 is 0 Å². The molecule has 2 nitrogen and oxygen atoms in total. The summed E-state index contributed by atoms with van der Waals surface area (Å²) in [7, 11) is -1.89. The zero-order chi connectivity index (χ0) is 9.56. The number of aryl methyl sites for hydroxylation is 2. The molecule has 0 heterocycles. The lowest BCUT2D eigenvalue weighted by molar-refractivity contribution is 0.556. The van der Waals surface area contributed by atoms with E-state index in [4.69, 9.17) is 8.76 Å². The molecule has 1 aromatic carbocycles. The van der Waals surface area contributed by atoms with E-state index >= 15 is 0 Å². The smallest absolute Gasteiger partial charge is 0.0163 e. The van der Waals surface area contributed by atoms with Gasteiger partial charge in [-0.3, -0.25) is 4.21 Å². The van der Waals surface area contributed by atoms with Gasteiger partial charge in [-0.2, -0.15) is 0 Å². The van der Waals surface area contributed by atoms with Gasteiger partial charge in [-0.25, -0.2) is 0 Å². The van der Waals surface area contributed by atoms with Crippen molar-refractivity contribution in [1.29, 1.82) is 0 Å². The van der Waals surface area contributed by atoms with Crippen molar-refractivity contribution in [2.24, 2.45) is 0 Å². The highest BCUT2D eigenvalue weighted by Crippen LogP contribution is 1.99. The number of benzene rings is 1. The summed E-state index contributed by atoms with van der Waals surface area (Å²) in [5, 5.41) is 0. The van der Waals surface area contributed by atoms with Crippen LogP contribution in [0.15, 0.2) is 24.3 Å². The molecule has 1 atom stereocenters. The number of rotatable bonds is 0. The molecule has 0 aliphatic heterocycles. The minimum Gasteiger partial charge on any atom is -0.764 e. The molecule has 0 N–H and O–H groups in total. The molecule has 0 spiro atoms. The highest BCUT2D eigenvalue weighted by molar-refractivity contribution is 14.2. The third-order valence-corrected chi connectivity index (χ3v) is 1.22. The summed E-state index contributed by atoms with van der Waals surface area (Å²) in [5.74, 6) is 0. The van der Waals surface area contributed by atoms with E-state index in [1.807, 2.05) is 0 Å². The van der Waals surface area contributed by atoms with Crippen molar-refractivity contribution in [1.82, 2.24) is 0 Å². The lowest BCUT2D eigenvalue weighted by Gasteiger charge is -1.90. The highest BCUT2D eigenvalue weighted by atomic mass is 127. The topological polar surface area (TPSA) is 40.1 Å². The Morgan fingerprint density at radius 2 is 1.33 bits per heavy atom. The van der Waals surface area contributed by atoms with E-state index in [-0.39, 0.29) is 0 Å². The Hall–Kier alpha value is 0.0600. The van der Waals surface area contributed by atoms with Crippen LogP contribution in [0.3, 0.4) is 0 Å². The summed E-state index contributed by atoms with van der Waals surface area (Å²) >= 11 is 1.26. The minimum absolute atomic E-state index is 1.26. The molecule has 0 aromatic heterocycles. The Morgan fingerprint density at radius 1 is 1.17 bits per heavy atom. The van der Waals surface area contributed by atoms with Gasteiger partial charge in [-0.15, -0.1) is 0 Å². The number of hydrogen-bond acceptors (Lipinski definition) is 2. The van der Waals surface area contributed by atoms with Gasteiger partial charge in [-0.05, 0) is 13.8 Å². The minimum atomic E-state index is -1.89. The van der Waals surface area contributed by atoms with Gasteiger partial charge in [0.25, 0.3) is 0 Å². The summed E-state index contributed by atoms with van der Waals surface area (Å²) in [5.41, 5.74) is 2.66. The average Bonchev–Trinajstić information content (AvgIpc) is 1.94. The van der Waals surface area contributed by atoms with Gasteiger partial charge < -0.3 is 4.55 Å². The van der Waals surface area contributed by atoms with Crippen LogP contribution in [0.25, 0.3) is 0 Å². The Labute approximate surface area is 87.3 Å². The van der Waals surface area contributed by atoms with Crippen molar-refractivity contribution in [3.05, 3.63) is 35.4 Å². The number of halogens is 1. The molecule has 1 rings (SSSR count). The van der Waals surface area contributed by atoms with E-state index in [1.165, 1.54) is 32.3 Å². The molecule has 4 heteroatoms. The summed E-state index contributed by atoms with van der Waals surface area (Å²) in [4.78, 5) is 0. The van der Waals surface area contributed by atoms with Crippen LogP contribution in [-0.2, 0) is 8.25 Å². The molecule has 12 heavy (non-hydrogen) atoms. The lowest BCUT2D eigenvalue weighted by atomic mass is 10.2. The van der Waals surface area contributed by atoms with Crippen molar-refractivity contribution in [2.45, 2.75) is 13.8 Å². The quantitative estimate of drug-likeness (QED) is 0.419. The molecule has 0 fully saturated rings. The fourth-order valence-corrected chi connectivity index (χ4v) is 0.637. The molecule has 0 bridgehead atoms. The molecular weight excluding hydrogens is 287 g/mol. The van der Waals surface area contributed by atoms with E-state index in [1.54, 1.807) is 0 Å². The van der Waals surface area contributed by atoms with Crippen molar-refractivity contribution < 1.29 is 8.76 Å². The van der Waals surface area contributed by atoms with E-state index in [0.717, 1.165) is 0 Å². The maximum Gasteiger partial charge on any atom is 0.0163 e. The second kappa shape index (κ2) is 6.56. The number of hydrogen-bond donors (Lipinski definition) is 0. The van der Waals surface area contributed by atoms with E-state index < -0.39 is 8.25 Å². The molecule has 68 valence electrons. The predicted octanol–water partition coefficient (Wildman–Crippen LogP) is 2.52. The van der Waals surface area contributed by atoms with Crippen LogP contribution in [0.1, 0.15) is 11.1 Å². The monoisotopic (exact) mass is 297 g/mol. The molecule has 0 saturated carbocycles. The maximum absolute atomic E-state index is 8.99. The van der Waals surface area contributed by atoms with Crippen molar-refractivity contribution in [2.75, 3.05) is 0 Å². The van der Waals surface area contributed by atoms with Crippen LogP contribution in [-0.4, -0.2) is 8.76 Å². The molecular formula is C8H10IO2S-. The van der Waals surface area contributed by atoms with Gasteiger partial charge in [0.1, 0.15) is 0 Å². The van der Waals surface area contributed by atoms with Crippen LogP contribution in [0.4, 0.5) is 0 Å². The third kappa shape index (κ3) is 8.16. The Kier molecular flexibility index (Phi) is 6.60.